The Morgan fingerprint density at radius 3 is 2.50 bits per heavy atom. The van der Waals surface area contributed by atoms with Gasteiger partial charge in [0, 0.05) is 54.4 Å². The molecule has 3 fully saturated rings. The number of carboxylic acids is 1. The normalized spacial score (nSPS) is 20.6. The number of thiazole rings is 1. The molecule has 68 heavy (non-hydrogen) atoms. The van der Waals surface area contributed by atoms with E-state index in [1.54, 1.807) is 25.3 Å². The van der Waals surface area contributed by atoms with Gasteiger partial charge in [-0.25, -0.2) is 32.7 Å². The highest BCUT2D eigenvalue weighted by atomic mass is 32.2. The van der Waals surface area contributed by atoms with Crippen LogP contribution in [0.25, 0.3) is 22.3 Å². The highest BCUT2D eigenvalue weighted by Crippen LogP contribution is 2.45. The first kappa shape index (κ1) is 49.9. The molecule has 4 aromatic rings. The smallest absolute Gasteiger partial charge is 0.408 e. The molecule has 0 bridgehead atoms. The van der Waals surface area contributed by atoms with E-state index in [-0.39, 0.29) is 36.3 Å². The number of aliphatic carboxylic acids is 1. The molecule has 20 heteroatoms. The number of carboxylic acid groups (broad SMARTS) is 1. The second kappa shape index (κ2) is 22.4. The van der Waals surface area contributed by atoms with Crippen LogP contribution in [0, 0.1) is 5.92 Å². The summed E-state index contributed by atoms with van der Waals surface area (Å²) in [5, 5.41) is 28.1. The molecular weight excluding hydrogens is 913 g/mol. The van der Waals surface area contributed by atoms with Crippen molar-refractivity contribution < 1.29 is 46.9 Å². The number of sulfonamides is 1. The van der Waals surface area contributed by atoms with E-state index in [1.807, 2.05) is 43.5 Å². The molecule has 3 heterocycles. The maximum atomic E-state index is 13.9. The van der Waals surface area contributed by atoms with Crippen LogP contribution in [0.4, 0.5) is 15.6 Å². The van der Waals surface area contributed by atoms with Crippen LogP contribution >= 0.6 is 11.3 Å². The van der Waals surface area contributed by atoms with E-state index >= 15 is 0 Å². The number of hydrogen-bond donors (Lipinski definition) is 7. The summed E-state index contributed by atoms with van der Waals surface area (Å²) in [6, 6.07) is 12.1. The highest BCUT2D eigenvalue weighted by molar-refractivity contribution is 7.90. The number of aromatic nitrogens is 2. The number of fused-ring (bicyclic) bond motifs is 1. The predicted molar refractivity (Wildman–Crippen MR) is 259 cm³/mol. The summed E-state index contributed by atoms with van der Waals surface area (Å²) >= 11 is 1.48. The highest BCUT2D eigenvalue weighted by Gasteiger charge is 2.61. The van der Waals surface area contributed by atoms with E-state index in [0.29, 0.717) is 60.0 Å². The molecule has 366 valence electrons. The van der Waals surface area contributed by atoms with Gasteiger partial charge in [0.15, 0.2) is 5.13 Å². The van der Waals surface area contributed by atoms with Gasteiger partial charge in [-0.3, -0.25) is 9.59 Å². The zero-order valence-electron chi connectivity index (χ0n) is 38.7. The molecule has 0 unspecified atom stereocenters. The van der Waals surface area contributed by atoms with E-state index in [9.17, 15) is 32.7 Å². The number of nitrogens with zero attached hydrogens (tertiary/aromatic N) is 2. The van der Waals surface area contributed by atoms with Crippen molar-refractivity contribution >= 4 is 67.0 Å². The van der Waals surface area contributed by atoms with Crippen molar-refractivity contribution in [2.75, 3.05) is 30.8 Å². The number of anilines is 2. The summed E-state index contributed by atoms with van der Waals surface area (Å²) in [4.78, 5) is 61.1. The number of para-hydroxylation sites is 1. The number of carbonyl (C=O) groups excluding carboxylic acids is 3. The second-order valence-corrected chi connectivity index (χ2v) is 20.4. The van der Waals surface area contributed by atoms with Crippen LogP contribution in [0.3, 0.4) is 0 Å². The number of hydrogen-bond acceptors (Lipinski definition) is 15. The molecule has 2 saturated carbocycles. The lowest BCUT2D eigenvalue weighted by Gasteiger charge is -2.22. The number of pyridine rings is 1. The summed E-state index contributed by atoms with van der Waals surface area (Å²) in [6.45, 7) is 8.68. The molecular formula is C48H62N8O10S2. The zero-order valence-corrected chi connectivity index (χ0v) is 40.3. The minimum absolute atomic E-state index is 0.116. The third kappa shape index (κ3) is 12.6. The maximum Gasteiger partial charge on any atom is 0.408 e. The molecule has 3 amide bonds. The third-order valence-electron chi connectivity index (χ3n) is 12.5. The molecule has 0 spiro atoms. The molecule has 18 nitrogen and oxygen atoms in total. The SMILES string of the molecule is C=C[C@@H]1C[C@]1(NC(=O)[C@@H]1C[C@@H](Oc2cc(-c3csc(NC(C)C)n3)nc3cc(OC)ccc23)CN1)C(=O)NS(=O)(=O)c1ccccc1NCCCCCCC[C@H](NC(=O)OC1CCCC1)C(=O)O. The Bertz CT molecular complexity index is 2570. The maximum absolute atomic E-state index is 13.9. The monoisotopic (exact) mass is 974 g/mol. The fraction of sp³-hybridized carbons (Fsp3) is 0.500. The zero-order chi connectivity index (χ0) is 48.4. The van der Waals surface area contributed by atoms with Gasteiger partial charge in [0.1, 0.15) is 45.9 Å². The number of benzene rings is 2. The van der Waals surface area contributed by atoms with Gasteiger partial charge in [-0.1, -0.05) is 43.9 Å². The van der Waals surface area contributed by atoms with Crippen LogP contribution in [0.5, 0.6) is 11.5 Å². The molecule has 7 rings (SSSR count). The van der Waals surface area contributed by atoms with E-state index in [1.165, 1.54) is 23.5 Å². The van der Waals surface area contributed by atoms with Crippen LogP contribution in [0.15, 0.2) is 71.5 Å². The lowest BCUT2D eigenvalue weighted by Crippen LogP contribution is -2.55. The van der Waals surface area contributed by atoms with Gasteiger partial charge < -0.3 is 45.9 Å². The van der Waals surface area contributed by atoms with Crippen molar-refractivity contribution in [3.8, 4) is 22.9 Å². The molecule has 0 radical (unpaired) electrons. The molecule has 2 aromatic carbocycles. The number of ether oxygens (including phenoxy) is 3. The first-order valence-electron chi connectivity index (χ1n) is 23.3. The van der Waals surface area contributed by atoms with Gasteiger partial charge in [-0.15, -0.1) is 17.9 Å². The average molecular weight is 975 g/mol. The van der Waals surface area contributed by atoms with E-state index in [0.717, 1.165) is 55.5 Å². The Morgan fingerprint density at radius 2 is 1.76 bits per heavy atom. The first-order valence-corrected chi connectivity index (χ1v) is 25.7. The van der Waals surface area contributed by atoms with Crippen LogP contribution < -0.4 is 40.8 Å². The van der Waals surface area contributed by atoms with Crippen LogP contribution in [-0.2, 0) is 29.1 Å². The summed E-state index contributed by atoms with van der Waals surface area (Å²) in [5.74, 6) is -1.73. The molecule has 1 saturated heterocycles. The number of nitrogens with one attached hydrogen (secondary N) is 6. The molecule has 7 N–H and O–H groups in total. The number of alkyl carbamates (subject to hydrolysis) is 1. The summed E-state index contributed by atoms with van der Waals surface area (Å²) in [5.41, 5.74) is 0.747. The van der Waals surface area contributed by atoms with Gasteiger partial charge in [-0.05, 0) is 83.1 Å². The standard InChI is InChI=1S/C48H62N8O10S2/c1-5-30-26-48(30,55-43(57)39-24-33(27-50-39)65-41-25-38(40-28-67-46(53-40)51-29(2)3)52-37-23-32(64-4)20-21-34(37)41)45(60)56-68(62,63)42-19-13-12-17-35(42)49-22-14-8-6-7-9-18-36(44(58)59)54-47(61)66-31-15-10-11-16-31/h5,12-13,17,19-21,23,25,28-31,33,36,39,49-50H,1,6-11,14-16,18,22,24,26-27H2,2-4H3,(H,51,53)(H,54,61)(H,55,57)(H,56,60)(H,58,59)/t30-,33-,36+,39+,48-/m1/s1. The van der Waals surface area contributed by atoms with Gasteiger partial charge in [0.05, 0.1) is 30.0 Å². The molecule has 1 aliphatic heterocycles. The number of methoxy groups -OCH3 is 1. The Balaban J connectivity index is 0.902. The largest absolute Gasteiger partial charge is 0.497 e. The average Bonchev–Trinajstić information content (AvgIpc) is 3.76. The molecule has 3 aliphatic rings. The van der Waals surface area contributed by atoms with Crippen molar-refractivity contribution in [1.82, 2.24) is 30.6 Å². The van der Waals surface area contributed by atoms with E-state index in [4.69, 9.17) is 24.2 Å². The van der Waals surface area contributed by atoms with Crippen LogP contribution in [0.1, 0.15) is 90.9 Å². The van der Waals surface area contributed by atoms with Crippen molar-refractivity contribution in [2.24, 2.45) is 5.92 Å². The van der Waals surface area contributed by atoms with Crippen molar-refractivity contribution in [3.63, 3.8) is 0 Å². The topological polar surface area (TPSA) is 248 Å². The van der Waals surface area contributed by atoms with E-state index in [2.05, 4.69) is 37.9 Å². The molecule has 2 aliphatic carbocycles. The van der Waals surface area contributed by atoms with Crippen LogP contribution in [-0.4, -0.2) is 103 Å². The summed E-state index contributed by atoms with van der Waals surface area (Å²) in [6.07, 6.45) is 8.25. The van der Waals surface area contributed by atoms with Crippen molar-refractivity contribution in [2.45, 2.75) is 132 Å². The lowest BCUT2D eigenvalue weighted by molar-refractivity contribution is -0.139. The minimum Gasteiger partial charge on any atom is -0.497 e. The number of carbonyl (C=O) groups is 4. The fourth-order valence-corrected chi connectivity index (χ4v) is 10.8. The van der Waals surface area contributed by atoms with Gasteiger partial charge >= 0.3 is 12.1 Å². The minimum atomic E-state index is -4.39. The van der Waals surface area contributed by atoms with Gasteiger partial charge in [0.2, 0.25) is 5.91 Å². The first-order chi connectivity index (χ1) is 32.7. The van der Waals surface area contributed by atoms with E-state index < -0.39 is 63.5 Å². The van der Waals surface area contributed by atoms with Gasteiger partial charge in [0.25, 0.3) is 15.9 Å². The number of rotatable bonds is 24. The van der Waals surface area contributed by atoms with Crippen molar-refractivity contribution in [1.29, 1.82) is 0 Å². The van der Waals surface area contributed by atoms with Crippen molar-refractivity contribution in [3.05, 3.63) is 66.6 Å². The summed E-state index contributed by atoms with van der Waals surface area (Å²) < 4.78 is 47.2. The number of amides is 3. The quantitative estimate of drug-likeness (QED) is 0.0284. The Labute approximate surface area is 400 Å². The molecule has 5 atom stereocenters. The molecule has 2 aromatic heterocycles. The Morgan fingerprint density at radius 1 is 1.00 bits per heavy atom. The Kier molecular flexibility index (Phi) is 16.4. The lowest BCUT2D eigenvalue weighted by atomic mass is 10.1. The summed E-state index contributed by atoms with van der Waals surface area (Å²) in [7, 11) is -2.80. The third-order valence-corrected chi connectivity index (χ3v) is 14.6. The number of unbranched alkanes of at least 4 members (excludes halogenated alkanes) is 4. The van der Waals surface area contributed by atoms with Crippen LogP contribution in [0.2, 0.25) is 0 Å². The Hall–Kier alpha value is -5.99. The fourth-order valence-electron chi connectivity index (χ4n) is 8.68. The second-order valence-electron chi connectivity index (χ2n) is 17.9. The predicted octanol–water partition coefficient (Wildman–Crippen LogP) is 6.74. The van der Waals surface area contributed by atoms with Gasteiger partial charge in [-0.2, -0.15) is 0 Å².